The highest BCUT2D eigenvalue weighted by atomic mass is 32.2. The van der Waals surface area contributed by atoms with Crippen LogP contribution in [-0.4, -0.2) is 44.1 Å². The first-order chi connectivity index (χ1) is 12.9. The van der Waals surface area contributed by atoms with E-state index in [0.717, 1.165) is 37.2 Å². The molecule has 6 nitrogen and oxygen atoms in total. The first kappa shape index (κ1) is 19.9. The molecule has 148 valence electrons. The fourth-order valence-electron chi connectivity index (χ4n) is 3.66. The summed E-state index contributed by atoms with van der Waals surface area (Å²) in [4.78, 5) is 2.56. The number of nitrogens with zero attached hydrogens (tertiary/aromatic N) is 2. The van der Waals surface area contributed by atoms with E-state index in [-0.39, 0.29) is 10.9 Å². The van der Waals surface area contributed by atoms with Gasteiger partial charge in [0.2, 0.25) is 10.0 Å². The maximum Gasteiger partial charge on any atom is 0.244 e. The lowest BCUT2D eigenvalue weighted by Crippen LogP contribution is -2.37. The maximum atomic E-state index is 13.0. The molecule has 1 atom stereocenters. The first-order valence-electron chi connectivity index (χ1n) is 9.51. The van der Waals surface area contributed by atoms with E-state index in [2.05, 4.69) is 20.3 Å². The molecule has 0 amide bonds. The van der Waals surface area contributed by atoms with Crippen molar-refractivity contribution in [2.24, 2.45) is 7.05 Å². The van der Waals surface area contributed by atoms with Gasteiger partial charge in [0, 0.05) is 25.5 Å². The Morgan fingerprint density at radius 1 is 1.22 bits per heavy atom. The summed E-state index contributed by atoms with van der Waals surface area (Å²) in [5.41, 5.74) is 2.01. The molecular weight excluding hydrogens is 362 g/mol. The molecule has 27 heavy (non-hydrogen) atoms. The second-order valence-electron chi connectivity index (χ2n) is 7.04. The topological polar surface area (TPSA) is 63.6 Å². The minimum atomic E-state index is -3.68. The molecule has 1 aromatic heterocycles. The number of aromatic nitrogens is 1. The molecule has 2 heterocycles. The number of hydrogen-bond donors (Lipinski definition) is 1. The molecule has 1 aromatic carbocycles. The molecule has 7 heteroatoms. The van der Waals surface area contributed by atoms with Gasteiger partial charge in [-0.2, -0.15) is 0 Å². The third-order valence-electron chi connectivity index (χ3n) is 5.06. The Kier molecular flexibility index (Phi) is 6.24. The van der Waals surface area contributed by atoms with Crippen molar-refractivity contribution in [3.05, 3.63) is 47.8 Å². The average molecular weight is 392 g/mol. The van der Waals surface area contributed by atoms with Crippen LogP contribution >= 0.6 is 0 Å². The predicted molar refractivity (Wildman–Crippen MR) is 106 cm³/mol. The van der Waals surface area contributed by atoms with Crippen LogP contribution in [-0.2, 0) is 17.1 Å². The monoisotopic (exact) mass is 391 g/mol. The van der Waals surface area contributed by atoms with Gasteiger partial charge in [-0.3, -0.25) is 4.90 Å². The number of benzene rings is 1. The molecule has 1 aliphatic heterocycles. The van der Waals surface area contributed by atoms with Crippen LogP contribution in [0.1, 0.15) is 37.1 Å². The Balaban J connectivity index is 1.84. The minimum absolute atomic E-state index is 0.0163. The molecule has 1 fully saturated rings. The van der Waals surface area contributed by atoms with Crippen LogP contribution in [0, 0.1) is 6.92 Å². The van der Waals surface area contributed by atoms with E-state index in [1.165, 1.54) is 0 Å². The van der Waals surface area contributed by atoms with E-state index >= 15 is 0 Å². The number of rotatable bonds is 8. The normalized spacial score (nSPS) is 16.6. The highest BCUT2D eigenvalue weighted by molar-refractivity contribution is 7.89. The average Bonchev–Trinajstić information content (AvgIpc) is 3.30. The summed E-state index contributed by atoms with van der Waals surface area (Å²) in [6.45, 7) is 6.47. The molecule has 0 aliphatic carbocycles. The van der Waals surface area contributed by atoms with Gasteiger partial charge in [-0.15, -0.1) is 0 Å². The fourth-order valence-corrected chi connectivity index (χ4v) is 4.93. The van der Waals surface area contributed by atoms with E-state index in [1.807, 2.05) is 39.2 Å². The van der Waals surface area contributed by atoms with Gasteiger partial charge >= 0.3 is 0 Å². The zero-order chi connectivity index (χ0) is 19.4. The van der Waals surface area contributed by atoms with Crippen LogP contribution in [0.5, 0.6) is 5.75 Å². The molecule has 0 bridgehead atoms. The summed E-state index contributed by atoms with van der Waals surface area (Å²) >= 11 is 0. The van der Waals surface area contributed by atoms with Crippen molar-refractivity contribution in [1.29, 1.82) is 0 Å². The van der Waals surface area contributed by atoms with E-state index in [9.17, 15) is 8.42 Å². The smallest absolute Gasteiger partial charge is 0.244 e. The Bertz CT molecular complexity index is 870. The summed E-state index contributed by atoms with van der Waals surface area (Å²) in [5.74, 6) is 0.396. The van der Waals surface area contributed by atoms with Crippen LogP contribution in [0.4, 0.5) is 0 Å². The van der Waals surface area contributed by atoms with Crippen LogP contribution in [0.3, 0.4) is 0 Å². The lowest BCUT2D eigenvalue weighted by molar-refractivity contribution is 0.238. The Labute approximate surface area is 162 Å². The van der Waals surface area contributed by atoms with Gasteiger partial charge in [0.05, 0.1) is 12.6 Å². The first-order valence-corrected chi connectivity index (χ1v) is 11.0. The van der Waals surface area contributed by atoms with Gasteiger partial charge in [0.15, 0.2) is 0 Å². The SMILES string of the molecule is CCOc1ccc(C)cc1S(=O)(=O)NC[C@@H](c1cccn1C)N1CCCC1. The summed E-state index contributed by atoms with van der Waals surface area (Å²) in [7, 11) is -1.67. The summed E-state index contributed by atoms with van der Waals surface area (Å²) in [6, 6.07) is 9.34. The van der Waals surface area contributed by atoms with Crippen molar-refractivity contribution in [3.8, 4) is 5.75 Å². The zero-order valence-corrected chi connectivity index (χ0v) is 17.1. The number of hydrogen-bond acceptors (Lipinski definition) is 4. The number of aryl methyl sites for hydroxylation is 2. The number of likely N-dealkylation sites (tertiary alicyclic amines) is 1. The summed E-state index contributed by atoms with van der Waals surface area (Å²) in [6.07, 6.45) is 4.31. The van der Waals surface area contributed by atoms with E-state index in [0.29, 0.717) is 18.9 Å². The van der Waals surface area contributed by atoms with E-state index in [4.69, 9.17) is 4.74 Å². The van der Waals surface area contributed by atoms with E-state index in [1.54, 1.807) is 12.1 Å². The second-order valence-corrected chi connectivity index (χ2v) is 8.77. The van der Waals surface area contributed by atoms with Gasteiger partial charge in [0.25, 0.3) is 0 Å². The quantitative estimate of drug-likeness (QED) is 0.752. The van der Waals surface area contributed by atoms with Gasteiger partial charge < -0.3 is 9.30 Å². The Hall–Kier alpha value is -1.83. The summed E-state index contributed by atoms with van der Waals surface area (Å²) in [5, 5.41) is 0. The van der Waals surface area contributed by atoms with Crippen molar-refractivity contribution in [2.75, 3.05) is 26.2 Å². The molecule has 1 N–H and O–H groups in total. The lowest BCUT2D eigenvalue weighted by Gasteiger charge is -2.28. The Morgan fingerprint density at radius 3 is 2.59 bits per heavy atom. The van der Waals surface area contributed by atoms with E-state index < -0.39 is 10.0 Å². The molecule has 3 rings (SSSR count). The molecule has 1 saturated heterocycles. The van der Waals surface area contributed by atoms with Crippen LogP contribution in [0.2, 0.25) is 0 Å². The highest BCUT2D eigenvalue weighted by Crippen LogP contribution is 2.28. The summed E-state index contributed by atoms with van der Waals surface area (Å²) < 4.78 is 36.5. The molecule has 0 radical (unpaired) electrons. The fraction of sp³-hybridized carbons (Fsp3) is 0.500. The third kappa shape index (κ3) is 4.54. The minimum Gasteiger partial charge on any atom is -0.492 e. The van der Waals surface area contributed by atoms with Crippen molar-refractivity contribution in [1.82, 2.24) is 14.2 Å². The zero-order valence-electron chi connectivity index (χ0n) is 16.3. The van der Waals surface area contributed by atoms with Gasteiger partial charge in [-0.25, -0.2) is 13.1 Å². The van der Waals surface area contributed by atoms with Crippen molar-refractivity contribution < 1.29 is 13.2 Å². The number of nitrogens with one attached hydrogen (secondary N) is 1. The molecule has 1 aliphatic rings. The molecule has 0 saturated carbocycles. The maximum absolute atomic E-state index is 13.0. The van der Waals surface area contributed by atoms with Gasteiger partial charge in [-0.1, -0.05) is 6.07 Å². The standard InChI is InChI=1S/C20H29N3O3S/c1-4-26-19-10-9-16(2)14-20(19)27(24,25)21-15-18(23-12-5-6-13-23)17-8-7-11-22(17)3/h7-11,14,18,21H,4-6,12-13,15H2,1-3H3/t18-/m0/s1. The molecule has 2 aromatic rings. The largest absolute Gasteiger partial charge is 0.492 e. The van der Waals surface area contributed by atoms with Crippen molar-refractivity contribution in [2.45, 2.75) is 37.6 Å². The molecule has 0 unspecified atom stereocenters. The second kappa shape index (κ2) is 8.46. The van der Waals surface area contributed by atoms with Crippen LogP contribution < -0.4 is 9.46 Å². The molecule has 0 spiro atoms. The lowest BCUT2D eigenvalue weighted by atomic mass is 10.2. The van der Waals surface area contributed by atoms with Crippen LogP contribution in [0.25, 0.3) is 0 Å². The number of ether oxygens (including phenoxy) is 1. The third-order valence-corrected chi connectivity index (χ3v) is 6.51. The Morgan fingerprint density at radius 2 is 1.96 bits per heavy atom. The molecular formula is C20H29N3O3S. The highest BCUT2D eigenvalue weighted by Gasteiger charge is 2.28. The van der Waals surface area contributed by atoms with Crippen molar-refractivity contribution >= 4 is 10.0 Å². The predicted octanol–water partition coefficient (Wildman–Crippen LogP) is 2.85. The van der Waals surface area contributed by atoms with Gasteiger partial charge in [0.1, 0.15) is 10.6 Å². The number of sulfonamides is 1. The van der Waals surface area contributed by atoms with Gasteiger partial charge in [-0.05, 0) is 69.6 Å². The van der Waals surface area contributed by atoms with Crippen LogP contribution in [0.15, 0.2) is 41.4 Å². The van der Waals surface area contributed by atoms with Crippen molar-refractivity contribution in [3.63, 3.8) is 0 Å².